The van der Waals surface area contributed by atoms with Gasteiger partial charge >= 0.3 is 0 Å². The van der Waals surface area contributed by atoms with Crippen LogP contribution in [0.15, 0.2) is 11.8 Å². The third-order valence-electron chi connectivity index (χ3n) is 2.99. The van der Waals surface area contributed by atoms with E-state index in [2.05, 4.69) is 13.0 Å². The maximum atomic E-state index is 5.72. The topological polar surface area (TPSA) is 43.5 Å². The molecule has 2 unspecified atom stereocenters. The number of rotatable bonds is 11. The van der Waals surface area contributed by atoms with Crippen LogP contribution in [0.2, 0.25) is 0 Å². The summed E-state index contributed by atoms with van der Waals surface area (Å²) in [6, 6.07) is 0. The van der Waals surface area contributed by atoms with Gasteiger partial charge in [-0.1, -0.05) is 19.8 Å². The van der Waals surface area contributed by atoms with Crippen LogP contribution in [0.1, 0.15) is 32.6 Å². The standard InChI is InChI=1S/C14H24O4/c1-2-3-4-5-6-12(16-10-14-11-18-14)7-15-8-13-9-17-13/h6,13-14H,2-5,7-11H2,1H3. The van der Waals surface area contributed by atoms with Crippen LogP contribution >= 0.6 is 0 Å². The lowest BCUT2D eigenvalue weighted by Crippen LogP contribution is -2.09. The Balaban J connectivity index is 1.61. The van der Waals surface area contributed by atoms with Gasteiger partial charge in [0, 0.05) is 0 Å². The summed E-state index contributed by atoms with van der Waals surface area (Å²) in [6.07, 6.45) is 7.58. The zero-order valence-electron chi connectivity index (χ0n) is 11.2. The van der Waals surface area contributed by atoms with Crippen molar-refractivity contribution in [3.05, 3.63) is 11.8 Å². The molecular weight excluding hydrogens is 232 g/mol. The molecule has 0 amide bonds. The third-order valence-corrected chi connectivity index (χ3v) is 2.99. The molecule has 4 nitrogen and oxygen atoms in total. The minimum atomic E-state index is 0.302. The molecule has 0 spiro atoms. The molecule has 4 heteroatoms. The van der Waals surface area contributed by atoms with Crippen molar-refractivity contribution in [3.63, 3.8) is 0 Å². The normalized spacial score (nSPS) is 26.2. The average Bonchev–Trinajstić information content (AvgIpc) is 3.25. The Bertz CT molecular complexity index is 257. The second-order valence-electron chi connectivity index (χ2n) is 4.90. The highest BCUT2D eigenvalue weighted by atomic mass is 16.6. The number of allylic oxidation sites excluding steroid dienone is 1. The molecule has 0 bridgehead atoms. The summed E-state index contributed by atoms with van der Waals surface area (Å²) in [5.74, 6) is 0.947. The van der Waals surface area contributed by atoms with Gasteiger partial charge in [0.2, 0.25) is 0 Å². The van der Waals surface area contributed by atoms with Gasteiger partial charge in [-0.25, -0.2) is 0 Å². The lowest BCUT2D eigenvalue weighted by atomic mass is 10.2. The van der Waals surface area contributed by atoms with Crippen molar-refractivity contribution in [1.29, 1.82) is 0 Å². The molecule has 2 fully saturated rings. The van der Waals surface area contributed by atoms with Gasteiger partial charge in [0.05, 0.1) is 19.8 Å². The van der Waals surface area contributed by atoms with Crippen molar-refractivity contribution in [2.45, 2.75) is 44.8 Å². The molecule has 2 atom stereocenters. The van der Waals surface area contributed by atoms with Crippen molar-refractivity contribution in [1.82, 2.24) is 0 Å². The Kier molecular flexibility index (Phi) is 5.97. The van der Waals surface area contributed by atoms with Gasteiger partial charge in [-0.2, -0.15) is 0 Å². The van der Waals surface area contributed by atoms with E-state index in [-0.39, 0.29) is 0 Å². The maximum absolute atomic E-state index is 5.72. The lowest BCUT2D eigenvalue weighted by molar-refractivity contribution is 0.0819. The average molecular weight is 256 g/mol. The molecule has 0 saturated carbocycles. The van der Waals surface area contributed by atoms with Gasteiger partial charge in [0.25, 0.3) is 0 Å². The Morgan fingerprint density at radius 2 is 1.89 bits per heavy atom. The van der Waals surface area contributed by atoms with Crippen LogP contribution in [-0.2, 0) is 18.9 Å². The number of unbranched alkanes of at least 4 members (excludes halogenated alkanes) is 3. The van der Waals surface area contributed by atoms with Crippen LogP contribution < -0.4 is 0 Å². The van der Waals surface area contributed by atoms with E-state index >= 15 is 0 Å². The number of hydrogen-bond donors (Lipinski definition) is 0. The molecule has 2 heterocycles. The second-order valence-corrected chi connectivity index (χ2v) is 4.90. The Morgan fingerprint density at radius 3 is 2.56 bits per heavy atom. The van der Waals surface area contributed by atoms with Crippen LogP contribution in [0.4, 0.5) is 0 Å². The fourth-order valence-corrected chi connectivity index (χ4v) is 1.64. The smallest absolute Gasteiger partial charge is 0.118 e. The Labute approximate surface area is 109 Å². The molecule has 0 radical (unpaired) electrons. The van der Waals surface area contributed by atoms with Gasteiger partial charge in [-0.3, -0.25) is 0 Å². The number of ether oxygens (including phenoxy) is 4. The zero-order chi connectivity index (χ0) is 12.6. The summed E-state index contributed by atoms with van der Waals surface area (Å²) < 4.78 is 21.5. The van der Waals surface area contributed by atoms with Crippen LogP contribution in [0.5, 0.6) is 0 Å². The summed E-state index contributed by atoms with van der Waals surface area (Å²) in [4.78, 5) is 0. The molecule has 0 aromatic heterocycles. The first kappa shape index (κ1) is 13.8. The number of epoxide rings is 2. The third kappa shape index (κ3) is 6.38. The fraction of sp³-hybridized carbons (Fsp3) is 0.857. The molecule has 2 aliphatic rings. The molecule has 2 rings (SSSR count). The predicted molar refractivity (Wildman–Crippen MR) is 68.5 cm³/mol. The molecule has 0 aromatic carbocycles. The summed E-state index contributed by atoms with van der Waals surface area (Å²) in [6.45, 7) is 5.77. The Hall–Kier alpha value is -0.580. The van der Waals surface area contributed by atoms with Gasteiger partial charge in [-0.05, 0) is 18.9 Å². The van der Waals surface area contributed by atoms with E-state index < -0.39 is 0 Å². The van der Waals surface area contributed by atoms with Gasteiger partial charge in [0.1, 0.15) is 31.2 Å². The highest BCUT2D eigenvalue weighted by molar-refractivity contribution is 4.94. The molecule has 0 aliphatic carbocycles. The van der Waals surface area contributed by atoms with Gasteiger partial charge in [-0.15, -0.1) is 0 Å². The largest absolute Gasteiger partial charge is 0.493 e. The van der Waals surface area contributed by atoms with Crippen molar-refractivity contribution < 1.29 is 18.9 Å². The highest BCUT2D eigenvalue weighted by Gasteiger charge is 2.24. The van der Waals surface area contributed by atoms with Crippen molar-refractivity contribution in [3.8, 4) is 0 Å². The van der Waals surface area contributed by atoms with E-state index in [0.717, 1.165) is 25.4 Å². The van der Waals surface area contributed by atoms with E-state index in [1.165, 1.54) is 19.3 Å². The molecule has 2 aliphatic heterocycles. The minimum absolute atomic E-state index is 0.302. The SMILES string of the molecule is CCCCCC=C(COCC1CO1)OCC1CO1. The molecule has 0 aromatic rings. The number of hydrogen-bond acceptors (Lipinski definition) is 4. The molecular formula is C14H24O4. The molecule has 104 valence electrons. The molecule has 18 heavy (non-hydrogen) atoms. The second kappa shape index (κ2) is 7.77. The van der Waals surface area contributed by atoms with E-state index in [0.29, 0.717) is 32.0 Å². The minimum Gasteiger partial charge on any atom is -0.493 e. The quantitative estimate of drug-likeness (QED) is 0.323. The molecule has 0 N–H and O–H groups in total. The first-order valence-electron chi connectivity index (χ1n) is 7.01. The van der Waals surface area contributed by atoms with E-state index in [1.807, 2.05) is 0 Å². The van der Waals surface area contributed by atoms with E-state index in [4.69, 9.17) is 18.9 Å². The first-order chi connectivity index (χ1) is 8.88. The zero-order valence-corrected chi connectivity index (χ0v) is 11.2. The van der Waals surface area contributed by atoms with Crippen LogP contribution in [-0.4, -0.2) is 45.2 Å². The predicted octanol–water partition coefficient (Wildman–Crippen LogP) is 2.28. The van der Waals surface area contributed by atoms with Crippen molar-refractivity contribution in [2.24, 2.45) is 0 Å². The Morgan fingerprint density at radius 1 is 1.17 bits per heavy atom. The van der Waals surface area contributed by atoms with E-state index in [9.17, 15) is 0 Å². The first-order valence-corrected chi connectivity index (χ1v) is 7.01. The van der Waals surface area contributed by atoms with Crippen LogP contribution in [0.3, 0.4) is 0 Å². The maximum Gasteiger partial charge on any atom is 0.118 e. The van der Waals surface area contributed by atoms with Gasteiger partial charge in [0.15, 0.2) is 0 Å². The van der Waals surface area contributed by atoms with Crippen molar-refractivity contribution >= 4 is 0 Å². The van der Waals surface area contributed by atoms with Gasteiger partial charge < -0.3 is 18.9 Å². The summed E-state index contributed by atoms with van der Waals surface area (Å²) in [7, 11) is 0. The van der Waals surface area contributed by atoms with E-state index in [1.54, 1.807) is 0 Å². The summed E-state index contributed by atoms with van der Waals surface area (Å²) in [5.41, 5.74) is 0. The lowest BCUT2D eigenvalue weighted by Gasteiger charge is -2.10. The van der Waals surface area contributed by atoms with Crippen molar-refractivity contribution in [2.75, 3.05) is 33.0 Å². The fourth-order valence-electron chi connectivity index (χ4n) is 1.64. The van der Waals surface area contributed by atoms with Crippen LogP contribution in [0, 0.1) is 0 Å². The van der Waals surface area contributed by atoms with Crippen LogP contribution in [0.25, 0.3) is 0 Å². The molecule has 2 saturated heterocycles. The summed E-state index contributed by atoms with van der Waals surface area (Å²) in [5, 5.41) is 0. The monoisotopic (exact) mass is 256 g/mol. The summed E-state index contributed by atoms with van der Waals surface area (Å²) >= 11 is 0. The highest BCUT2D eigenvalue weighted by Crippen LogP contribution is 2.14.